The van der Waals surface area contributed by atoms with Crippen LogP contribution >= 0.6 is 11.9 Å². The van der Waals surface area contributed by atoms with Crippen molar-refractivity contribution in [2.24, 2.45) is 5.73 Å². The maximum atomic E-state index is 11.6. The number of aromatic nitrogens is 3. The lowest BCUT2D eigenvalue weighted by molar-refractivity contribution is 0.0783. The largest absolute Gasteiger partial charge is 0.381 e. The molecule has 1 aromatic carbocycles. The van der Waals surface area contributed by atoms with E-state index in [4.69, 9.17) is 16.2 Å². The van der Waals surface area contributed by atoms with Gasteiger partial charge in [-0.05, 0) is 49.4 Å². The summed E-state index contributed by atoms with van der Waals surface area (Å²) >= 11 is 1.59. The zero-order valence-corrected chi connectivity index (χ0v) is 16.3. The van der Waals surface area contributed by atoms with Crippen molar-refractivity contribution < 1.29 is 9.53 Å². The Morgan fingerprint density at radius 1 is 1.43 bits per heavy atom. The average molecular weight is 398 g/mol. The van der Waals surface area contributed by atoms with E-state index in [-0.39, 0.29) is 11.5 Å². The summed E-state index contributed by atoms with van der Waals surface area (Å²) in [6.07, 6.45) is 5.50. The molecule has 0 bridgehead atoms. The molecule has 8 nitrogen and oxygen atoms in total. The van der Waals surface area contributed by atoms with Crippen molar-refractivity contribution in [1.82, 2.24) is 19.1 Å². The fourth-order valence-electron chi connectivity index (χ4n) is 3.26. The molecule has 0 aliphatic carbocycles. The van der Waals surface area contributed by atoms with Gasteiger partial charge in [-0.1, -0.05) is 6.07 Å². The van der Waals surface area contributed by atoms with Crippen LogP contribution in [0.5, 0.6) is 0 Å². The van der Waals surface area contributed by atoms with E-state index in [2.05, 4.69) is 32.9 Å². The van der Waals surface area contributed by atoms with Gasteiger partial charge in [-0.25, -0.2) is 9.97 Å². The van der Waals surface area contributed by atoms with Gasteiger partial charge in [-0.3, -0.25) is 13.9 Å². The van der Waals surface area contributed by atoms with E-state index in [0.29, 0.717) is 11.7 Å². The van der Waals surface area contributed by atoms with Crippen molar-refractivity contribution in [3.63, 3.8) is 0 Å². The summed E-state index contributed by atoms with van der Waals surface area (Å²) < 4.78 is 10.8. The Morgan fingerprint density at radius 3 is 3.04 bits per heavy atom. The molecule has 1 aliphatic rings. The number of fused-ring (bicyclic) bond motifs is 1. The first-order valence-electron chi connectivity index (χ1n) is 9.07. The minimum Gasteiger partial charge on any atom is -0.381 e. The Kier molecular flexibility index (Phi) is 5.21. The third-order valence-electron chi connectivity index (χ3n) is 4.76. The fourth-order valence-corrected chi connectivity index (χ4v) is 4.06. The van der Waals surface area contributed by atoms with E-state index in [9.17, 15) is 4.79 Å². The van der Waals surface area contributed by atoms with Gasteiger partial charge in [0.1, 0.15) is 5.69 Å². The molecule has 0 saturated carbocycles. The zero-order valence-electron chi connectivity index (χ0n) is 15.5. The second kappa shape index (κ2) is 7.78. The molecule has 2 aromatic heterocycles. The molecule has 4 rings (SSSR count). The molecule has 9 heteroatoms. The van der Waals surface area contributed by atoms with Gasteiger partial charge >= 0.3 is 0 Å². The molecule has 1 fully saturated rings. The van der Waals surface area contributed by atoms with Crippen LogP contribution in [-0.4, -0.2) is 39.5 Å². The summed E-state index contributed by atoms with van der Waals surface area (Å²) in [7, 11) is 0. The third kappa shape index (κ3) is 3.68. The number of carbonyl (C=O) groups is 1. The number of nitrogen functional groups attached to an aromatic ring is 1. The highest BCUT2D eigenvalue weighted by Crippen LogP contribution is 2.30. The average Bonchev–Trinajstić information content (AvgIpc) is 3.12. The van der Waals surface area contributed by atoms with Gasteiger partial charge in [-0.15, -0.1) is 0 Å². The lowest BCUT2D eigenvalue weighted by atomic mass is 10.1. The van der Waals surface area contributed by atoms with Crippen molar-refractivity contribution in [2.75, 3.05) is 18.9 Å². The zero-order chi connectivity index (χ0) is 19.7. The predicted molar refractivity (Wildman–Crippen MR) is 109 cm³/mol. The quantitative estimate of drug-likeness (QED) is 0.563. The number of hydrogen-bond donors (Lipinski definition) is 3. The molecule has 146 valence electrons. The number of rotatable bonds is 5. The van der Waals surface area contributed by atoms with Crippen molar-refractivity contribution in [3.05, 3.63) is 41.9 Å². The SMILES string of the molecule is Cc1ccc(SN[C@H]2CCCOC2)cc1-c1cnc2c(N)nc(C(N)=O)cn12. The van der Waals surface area contributed by atoms with E-state index in [0.717, 1.165) is 47.8 Å². The lowest BCUT2D eigenvalue weighted by Gasteiger charge is -2.22. The van der Waals surface area contributed by atoms with Crippen LogP contribution in [0.15, 0.2) is 35.5 Å². The van der Waals surface area contributed by atoms with Crippen molar-refractivity contribution in [3.8, 4) is 11.3 Å². The summed E-state index contributed by atoms with van der Waals surface area (Å²) in [6.45, 7) is 3.61. The van der Waals surface area contributed by atoms with Gasteiger partial charge in [0.15, 0.2) is 11.5 Å². The van der Waals surface area contributed by atoms with E-state index >= 15 is 0 Å². The Bertz CT molecular complexity index is 1030. The summed E-state index contributed by atoms with van der Waals surface area (Å²) in [5.74, 6) is -0.460. The number of nitrogens with zero attached hydrogens (tertiary/aromatic N) is 3. The van der Waals surface area contributed by atoms with Crippen LogP contribution in [-0.2, 0) is 4.74 Å². The topological polar surface area (TPSA) is 121 Å². The van der Waals surface area contributed by atoms with Crippen LogP contribution in [0.4, 0.5) is 5.82 Å². The molecule has 3 aromatic rings. The Labute approximate surface area is 166 Å². The minimum absolute atomic E-state index is 0.103. The van der Waals surface area contributed by atoms with Crippen molar-refractivity contribution in [1.29, 1.82) is 0 Å². The maximum absolute atomic E-state index is 11.6. The number of nitrogens with two attached hydrogens (primary N) is 2. The monoisotopic (exact) mass is 398 g/mol. The van der Waals surface area contributed by atoms with Crippen LogP contribution in [0.1, 0.15) is 28.9 Å². The third-order valence-corrected chi connectivity index (χ3v) is 5.70. The number of nitrogens with one attached hydrogen (secondary N) is 1. The number of primary amides is 1. The second-order valence-corrected chi connectivity index (χ2v) is 7.73. The Hall–Kier alpha value is -2.62. The molecule has 0 spiro atoms. The molecule has 1 saturated heterocycles. The van der Waals surface area contributed by atoms with Gasteiger partial charge in [0, 0.05) is 29.3 Å². The molecule has 1 amide bonds. The maximum Gasteiger partial charge on any atom is 0.268 e. The summed E-state index contributed by atoms with van der Waals surface area (Å²) in [4.78, 5) is 21.0. The predicted octanol–water partition coefficient (Wildman–Crippen LogP) is 2.16. The highest BCUT2D eigenvalue weighted by Gasteiger charge is 2.16. The smallest absolute Gasteiger partial charge is 0.268 e. The fraction of sp³-hybridized carbons (Fsp3) is 0.316. The van der Waals surface area contributed by atoms with Crippen LogP contribution < -0.4 is 16.2 Å². The number of aryl methyl sites for hydroxylation is 1. The number of imidazole rings is 1. The number of carbonyl (C=O) groups excluding carboxylic acids is 1. The summed E-state index contributed by atoms with van der Waals surface area (Å²) in [5.41, 5.74) is 14.9. The second-order valence-electron chi connectivity index (χ2n) is 6.82. The van der Waals surface area contributed by atoms with Gasteiger partial charge in [0.25, 0.3) is 5.91 Å². The van der Waals surface area contributed by atoms with Crippen molar-refractivity contribution in [2.45, 2.75) is 30.7 Å². The number of ether oxygens (including phenoxy) is 1. The van der Waals surface area contributed by atoms with Crippen LogP contribution in [0.2, 0.25) is 0 Å². The Balaban J connectivity index is 1.67. The molecular formula is C19H22N6O2S. The van der Waals surface area contributed by atoms with Gasteiger partial charge in [0.05, 0.1) is 18.5 Å². The van der Waals surface area contributed by atoms with Crippen LogP contribution in [0.3, 0.4) is 0 Å². The minimum atomic E-state index is -0.631. The van der Waals surface area contributed by atoms with E-state index in [1.807, 2.05) is 6.92 Å². The molecule has 3 heterocycles. The Morgan fingerprint density at radius 2 is 2.29 bits per heavy atom. The molecule has 1 atom stereocenters. The molecule has 1 aliphatic heterocycles. The summed E-state index contributed by atoms with van der Waals surface area (Å²) in [6, 6.07) is 6.59. The molecule has 28 heavy (non-hydrogen) atoms. The highest BCUT2D eigenvalue weighted by atomic mass is 32.2. The highest BCUT2D eigenvalue weighted by molar-refractivity contribution is 7.97. The van der Waals surface area contributed by atoms with E-state index < -0.39 is 5.91 Å². The van der Waals surface area contributed by atoms with E-state index in [1.165, 1.54) is 0 Å². The first-order chi connectivity index (χ1) is 13.5. The first kappa shape index (κ1) is 18.7. The number of hydrogen-bond acceptors (Lipinski definition) is 7. The van der Waals surface area contributed by atoms with Crippen molar-refractivity contribution >= 4 is 29.3 Å². The van der Waals surface area contributed by atoms with Crippen LogP contribution in [0, 0.1) is 6.92 Å². The molecule has 5 N–H and O–H groups in total. The van der Waals surface area contributed by atoms with Gasteiger partial charge < -0.3 is 16.2 Å². The van der Waals surface area contributed by atoms with E-state index in [1.54, 1.807) is 28.7 Å². The molecular weight excluding hydrogens is 376 g/mol. The standard InChI is InChI=1S/C19H22N6O2S/c1-11-4-5-13(28-24-12-3-2-6-27-10-12)7-14(11)16-8-22-19-17(20)23-15(18(21)26)9-25(16)19/h4-5,7-9,12,24H,2-3,6,10H2,1H3,(H2,20,23)(H2,21,26)/t12-/m0/s1. The van der Waals surface area contributed by atoms with Crippen LogP contribution in [0.25, 0.3) is 16.9 Å². The normalized spacial score (nSPS) is 17.1. The number of anilines is 1. The van der Waals surface area contributed by atoms with Gasteiger partial charge in [0.2, 0.25) is 0 Å². The first-order valence-corrected chi connectivity index (χ1v) is 9.89. The summed E-state index contributed by atoms with van der Waals surface area (Å²) in [5, 5.41) is 0. The molecule has 0 unspecified atom stereocenters. The number of benzene rings is 1. The lowest BCUT2D eigenvalue weighted by Crippen LogP contribution is -2.32. The van der Waals surface area contributed by atoms with Gasteiger partial charge in [-0.2, -0.15) is 0 Å². The number of amides is 1. The molecule has 0 radical (unpaired) electrons.